The molecule has 9 heteroatoms. The van der Waals surface area contributed by atoms with Gasteiger partial charge in [0.2, 0.25) is 11.8 Å². The highest BCUT2D eigenvalue weighted by Crippen LogP contribution is 2.61. The molecule has 4 aliphatic rings. The van der Waals surface area contributed by atoms with E-state index in [1.165, 1.54) is 0 Å². The number of hydrogen-bond donors (Lipinski definition) is 1. The van der Waals surface area contributed by atoms with Crippen molar-refractivity contribution in [3.63, 3.8) is 0 Å². The number of para-hydroxylation sites is 1. The number of fused-ring (bicyclic) bond motifs is 2. The zero-order valence-corrected chi connectivity index (χ0v) is 25.6. The molecule has 2 fully saturated rings. The normalized spacial score (nSPS) is 29.5. The molecule has 1 spiro atoms. The van der Waals surface area contributed by atoms with Crippen LogP contribution < -0.4 is 4.90 Å². The number of carbonyl (C=O) groups is 3. The number of likely N-dealkylation sites (tertiary alicyclic amines) is 1. The number of aryl methyl sites for hydroxylation is 1. The quantitative estimate of drug-likeness (QED) is 0.492. The van der Waals surface area contributed by atoms with E-state index in [1.54, 1.807) is 27.6 Å². The highest BCUT2D eigenvalue weighted by atomic mass is 35.5. The number of hydrogen-bond acceptors (Lipinski definition) is 5. The number of rotatable bonds is 6. The molecule has 6 atom stereocenters. The monoisotopic (exact) mass is 605 g/mol. The lowest BCUT2D eigenvalue weighted by atomic mass is 9.78. The van der Waals surface area contributed by atoms with Crippen LogP contribution in [0.15, 0.2) is 72.8 Å². The Bertz CT molecular complexity index is 1440. The van der Waals surface area contributed by atoms with Crippen LogP contribution in [-0.2, 0) is 20.9 Å². The molecule has 4 heterocycles. The molecule has 0 bridgehead atoms. The molecule has 0 saturated carbocycles. The number of aliphatic hydroxyl groups is 1. The first-order valence-corrected chi connectivity index (χ1v) is 15.8. The van der Waals surface area contributed by atoms with Crippen molar-refractivity contribution in [3.8, 4) is 0 Å². The molecule has 2 aromatic rings. The number of carbonyl (C=O) groups excluding carboxylic acids is 3. The molecule has 7 nitrogen and oxygen atoms in total. The summed E-state index contributed by atoms with van der Waals surface area (Å²) in [6.45, 7) is 6.72. The first kappa shape index (κ1) is 29.0. The summed E-state index contributed by atoms with van der Waals surface area (Å²) in [4.78, 5) is 48.8. The van der Waals surface area contributed by atoms with Gasteiger partial charge < -0.3 is 19.8 Å². The third-order valence-electron chi connectivity index (χ3n) is 9.17. The largest absolute Gasteiger partial charge is 0.394 e. The number of nitrogens with zero attached hydrogens (tertiary/aromatic N) is 3. The summed E-state index contributed by atoms with van der Waals surface area (Å²) in [6.07, 6.45) is 8.01. The number of aliphatic hydroxyl groups excluding tert-OH is 1. The SMILES string of the molecule is Cc1cccc(Cl)c1N1CC=C[C@]23S[C@H]4C=CCN(Cc5ccccc5)C(=O)[C@H]4[C@H]2C(=O)N([C@@H](CO)C(C)C)C3C1=O. The minimum Gasteiger partial charge on any atom is -0.394 e. The number of thioether (sulfide) groups is 1. The predicted molar refractivity (Wildman–Crippen MR) is 166 cm³/mol. The third kappa shape index (κ3) is 4.50. The number of halogens is 1. The molecule has 6 rings (SSSR count). The predicted octanol–water partition coefficient (Wildman–Crippen LogP) is 4.46. The van der Waals surface area contributed by atoms with Crippen LogP contribution in [0.1, 0.15) is 25.0 Å². The second-order valence-electron chi connectivity index (χ2n) is 12.0. The Balaban J connectivity index is 1.46. The van der Waals surface area contributed by atoms with Crippen LogP contribution in [0.3, 0.4) is 0 Å². The third-order valence-corrected chi connectivity index (χ3v) is 11.2. The van der Waals surface area contributed by atoms with Gasteiger partial charge in [-0.25, -0.2) is 0 Å². The maximum atomic E-state index is 14.8. The van der Waals surface area contributed by atoms with Crippen LogP contribution in [0.5, 0.6) is 0 Å². The van der Waals surface area contributed by atoms with Gasteiger partial charge in [0.05, 0.1) is 39.9 Å². The van der Waals surface area contributed by atoms with Crippen LogP contribution in [0.25, 0.3) is 0 Å². The average Bonchev–Trinajstić information content (AvgIpc) is 3.28. The molecule has 0 radical (unpaired) electrons. The van der Waals surface area contributed by atoms with E-state index in [9.17, 15) is 19.5 Å². The highest BCUT2D eigenvalue weighted by molar-refractivity contribution is 8.02. The maximum absolute atomic E-state index is 14.8. The molecule has 0 aromatic heterocycles. The van der Waals surface area contributed by atoms with E-state index >= 15 is 0 Å². The molecule has 4 aliphatic heterocycles. The topological polar surface area (TPSA) is 81.2 Å². The van der Waals surface area contributed by atoms with Gasteiger partial charge in [0, 0.05) is 24.9 Å². The Kier molecular flexibility index (Phi) is 7.75. The average molecular weight is 606 g/mol. The zero-order valence-electron chi connectivity index (χ0n) is 24.0. The molecular formula is C33H36ClN3O4S. The van der Waals surface area contributed by atoms with Crippen LogP contribution in [0.4, 0.5) is 5.69 Å². The summed E-state index contributed by atoms with van der Waals surface area (Å²) in [5, 5.41) is 10.7. The van der Waals surface area contributed by atoms with Gasteiger partial charge in [-0.2, -0.15) is 0 Å². The lowest BCUT2D eigenvalue weighted by Gasteiger charge is -2.40. The van der Waals surface area contributed by atoms with E-state index in [4.69, 9.17) is 11.6 Å². The fourth-order valence-electron chi connectivity index (χ4n) is 7.22. The lowest BCUT2D eigenvalue weighted by Crippen LogP contribution is -2.57. The molecule has 1 N–H and O–H groups in total. The van der Waals surface area contributed by atoms with Gasteiger partial charge in [0.25, 0.3) is 5.91 Å². The van der Waals surface area contributed by atoms with Crippen molar-refractivity contribution in [3.05, 3.63) is 89.0 Å². The van der Waals surface area contributed by atoms with Crippen LogP contribution >= 0.6 is 23.4 Å². The Labute approximate surface area is 256 Å². The van der Waals surface area contributed by atoms with E-state index in [-0.39, 0.29) is 35.5 Å². The fourth-order valence-corrected chi connectivity index (χ4v) is 9.53. The Morgan fingerprint density at radius 3 is 2.45 bits per heavy atom. The fraction of sp³-hybridized carbons (Fsp3) is 0.424. The standard InChI is InChI=1S/C33H36ClN3O4S/c1-20(2)24(19-38)37-29-32(41)36(28-21(3)10-7-13-23(28)34)17-9-15-33(29)27(31(37)40)26-25(42-33)14-8-16-35(30(26)39)18-22-11-5-4-6-12-22/h4-15,20,24-27,29,38H,16-19H2,1-3H3/t24-,25-,26+,27-,29?,33-/m0/s1. The van der Waals surface area contributed by atoms with Crippen molar-refractivity contribution in [1.82, 2.24) is 9.80 Å². The van der Waals surface area contributed by atoms with Gasteiger partial charge in [-0.15, -0.1) is 11.8 Å². The van der Waals surface area contributed by atoms with Gasteiger partial charge in [-0.3, -0.25) is 14.4 Å². The molecule has 2 aromatic carbocycles. The van der Waals surface area contributed by atoms with Gasteiger partial charge in [0.15, 0.2) is 0 Å². The second kappa shape index (κ2) is 11.2. The van der Waals surface area contributed by atoms with E-state index in [0.29, 0.717) is 30.3 Å². The summed E-state index contributed by atoms with van der Waals surface area (Å²) in [5.74, 6) is -2.04. The Morgan fingerprint density at radius 1 is 1.00 bits per heavy atom. The van der Waals surface area contributed by atoms with Crippen molar-refractivity contribution in [2.24, 2.45) is 17.8 Å². The molecule has 220 valence electrons. The summed E-state index contributed by atoms with van der Waals surface area (Å²) in [6, 6.07) is 13.9. The number of benzene rings is 2. The van der Waals surface area contributed by atoms with Crippen LogP contribution in [0.2, 0.25) is 5.02 Å². The number of amides is 3. The van der Waals surface area contributed by atoms with Crippen molar-refractivity contribution in [2.45, 2.75) is 49.4 Å². The van der Waals surface area contributed by atoms with Crippen LogP contribution in [0, 0.1) is 24.7 Å². The van der Waals surface area contributed by atoms with Crippen molar-refractivity contribution < 1.29 is 19.5 Å². The van der Waals surface area contributed by atoms with Gasteiger partial charge >= 0.3 is 0 Å². The van der Waals surface area contributed by atoms with Gasteiger partial charge in [-0.05, 0) is 30.0 Å². The Hall–Kier alpha value is -3.07. The second-order valence-corrected chi connectivity index (χ2v) is 13.9. The maximum Gasteiger partial charge on any atom is 0.251 e. The van der Waals surface area contributed by atoms with E-state index in [0.717, 1.165) is 11.1 Å². The van der Waals surface area contributed by atoms with Crippen LogP contribution in [-0.4, -0.2) is 74.4 Å². The molecule has 1 unspecified atom stereocenters. The molecule has 2 saturated heterocycles. The first-order chi connectivity index (χ1) is 20.2. The van der Waals surface area contributed by atoms with E-state index in [1.807, 2.05) is 92.4 Å². The van der Waals surface area contributed by atoms with Crippen molar-refractivity contribution in [2.75, 3.05) is 24.6 Å². The number of anilines is 1. The molecular weight excluding hydrogens is 570 g/mol. The summed E-state index contributed by atoms with van der Waals surface area (Å²) < 4.78 is -0.967. The summed E-state index contributed by atoms with van der Waals surface area (Å²) in [5.41, 5.74) is 2.49. The highest BCUT2D eigenvalue weighted by Gasteiger charge is 2.72. The molecule has 3 amide bonds. The molecule has 42 heavy (non-hydrogen) atoms. The smallest absolute Gasteiger partial charge is 0.251 e. The minimum absolute atomic E-state index is 0.0776. The lowest BCUT2D eigenvalue weighted by molar-refractivity contribution is -0.145. The zero-order chi connectivity index (χ0) is 29.8. The van der Waals surface area contributed by atoms with Gasteiger partial charge in [0.1, 0.15) is 6.04 Å². The van der Waals surface area contributed by atoms with Crippen molar-refractivity contribution >= 4 is 46.8 Å². The minimum atomic E-state index is -0.967. The van der Waals surface area contributed by atoms with Gasteiger partial charge in [-0.1, -0.05) is 92.2 Å². The summed E-state index contributed by atoms with van der Waals surface area (Å²) >= 11 is 8.20. The van der Waals surface area contributed by atoms with E-state index in [2.05, 4.69) is 0 Å². The first-order valence-electron chi connectivity index (χ1n) is 14.5. The van der Waals surface area contributed by atoms with E-state index < -0.39 is 28.7 Å². The Morgan fingerprint density at radius 2 is 1.76 bits per heavy atom. The summed E-state index contributed by atoms with van der Waals surface area (Å²) in [7, 11) is 0. The molecule has 0 aliphatic carbocycles. The van der Waals surface area contributed by atoms with Crippen molar-refractivity contribution in [1.29, 1.82) is 0 Å².